The lowest BCUT2D eigenvalue weighted by atomic mass is 10.1. The topological polar surface area (TPSA) is 76.7 Å². The Bertz CT molecular complexity index is 952. The van der Waals surface area contributed by atoms with Gasteiger partial charge in [0, 0.05) is 29.5 Å². The van der Waals surface area contributed by atoms with E-state index in [0.29, 0.717) is 23.6 Å². The summed E-state index contributed by atoms with van der Waals surface area (Å²) in [5, 5.41) is 5.89. The zero-order chi connectivity index (χ0) is 21.1. The van der Waals surface area contributed by atoms with Crippen molar-refractivity contribution < 1.29 is 19.1 Å². The number of benzene rings is 2. The zero-order valence-corrected chi connectivity index (χ0v) is 18.5. The van der Waals surface area contributed by atoms with Gasteiger partial charge in [0.25, 0.3) is 5.91 Å². The van der Waals surface area contributed by atoms with Gasteiger partial charge in [-0.1, -0.05) is 6.07 Å². The van der Waals surface area contributed by atoms with Gasteiger partial charge in [-0.2, -0.15) is 0 Å². The molecule has 0 radical (unpaired) electrons. The molecule has 1 heterocycles. The fourth-order valence-corrected chi connectivity index (χ4v) is 3.89. The fourth-order valence-electron chi connectivity index (χ4n) is 3.40. The Hall–Kier alpha value is -2.38. The number of anilines is 2. The predicted molar refractivity (Wildman–Crippen MR) is 119 cm³/mol. The van der Waals surface area contributed by atoms with Crippen molar-refractivity contribution in [3.63, 3.8) is 0 Å². The van der Waals surface area contributed by atoms with Crippen LogP contribution in [0.25, 0.3) is 0 Å². The molecule has 2 aromatic rings. The van der Waals surface area contributed by atoms with Crippen molar-refractivity contribution in [3.8, 4) is 5.75 Å². The van der Waals surface area contributed by atoms with Gasteiger partial charge in [-0.05, 0) is 84.4 Å². The molecule has 1 atom stereocenters. The molecule has 1 aliphatic carbocycles. The average Bonchev–Trinajstić information content (AvgIpc) is 3.46. The molecule has 0 bridgehead atoms. The minimum absolute atomic E-state index is 0.0455. The summed E-state index contributed by atoms with van der Waals surface area (Å²) in [4.78, 5) is 24.8. The maximum absolute atomic E-state index is 12.8. The van der Waals surface area contributed by atoms with Crippen LogP contribution in [0.5, 0.6) is 5.75 Å². The predicted octanol–water partition coefficient (Wildman–Crippen LogP) is 4.92. The van der Waals surface area contributed by atoms with Gasteiger partial charge in [-0.3, -0.25) is 9.59 Å². The highest BCUT2D eigenvalue weighted by Crippen LogP contribution is 2.32. The lowest BCUT2D eigenvalue weighted by molar-refractivity contribution is -0.117. The molecule has 0 spiro atoms. The fraction of sp³-hybridized carbons (Fsp3) is 0.391. The molecule has 2 aliphatic rings. The Kier molecular flexibility index (Phi) is 6.39. The van der Waals surface area contributed by atoms with Gasteiger partial charge in [0.15, 0.2) is 0 Å². The van der Waals surface area contributed by atoms with E-state index < -0.39 is 0 Å². The number of carbonyl (C=O) groups excluding carboxylic acids is 2. The molecule has 0 aromatic heterocycles. The minimum Gasteiger partial charge on any atom is -0.490 e. The molecule has 2 amide bonds. The summed E-state index contributed by atoms with van der Waals surface area (Å²) in [5.41, 5.74) is 2.74. The second-order valence-corrected chi connectivity index (χ2v) is 8.64. The molecule has 4 rings (SSSR count). The van der Waals surface area contributed by atoms with E-state index in [-0.39, 0.29) is 23.8 Å². The third-order valence-corrected chi connectivity index (χ3v) is 6.05. The molecule has 1 saturated carbocycles. The molecule has 1 unspecified atom stereocenters. The number of nitrogens with one attached hydrogen (secondary N) is 2. The first-order valence-corrected chi connectivity index (χ1v) is 11.1. The summed E-state index contributed by atoms with van der Waals surface area (Å²) in [6, 6.07) is 10.8. The van der Waals surface area contributed by atoms with Crippen molar-refractivity contribution in [2.45, 2.75) is 38.7 Å². The Balaban J connectivity index is 1.40. The van der Waals surface area contributed by atoms with Gasteiger partial charge >= 0.3 is 0 Å². The Morgan fingerprint density at radius 3 is 2.57 bits per heavy atom. The summed E-state index contributed by atoms with van der Waals surface area (Å²) in [6.07, 6.45) is 4.11. The molecular weight excluding hydrogens is 448 g/mol. The van der Waals surface area contributed by atoms with E-state index in [1.807, 2.05) is 25.1 Å². The van der Waals surface area contributed by atoms with Gasteiger partial charge in [0.1, 0.15) is 12.4 Å². The quantitative estimate of drug-likeness (QED) is 0.599. The van der Waals surface area contributed by atoms with E-state index in [2.05, 4.69) is 26.6 Å². The van der Waals surface area contributed by atoms with E-state index in [1.54, 1.807) is 18.2 Å². The lowest BCUT2D eigenvalue weighted by Crippen LogP contribution is -2.17. The van der Waals surface area contributed by atoms with Crippen LogP contribution >= 0.6 is 15.9 Å². The second-order valence-electron chi connectivity index (χ2n) is 7.79. The molecule has 30 heavy (non-hydrogen) atoms. The summed E-state index contributed by atoms with van der Waals surface area (Å²) in [7, 11) is 0. The highest BCUT2D eigenvalue weighted by atomic mass is 79.9. The number of carbonyl (C=O) groups is 2. The normalized spacial score (nSPS) is 18.1. The number of hydrogen-bond acceptors (Lipinski definition) is 4. The number of rotatable bonds is 7. The van der Waals surface area contributed by atoms with Gasteiger partial charge in [0.2, 0.25) is 5.91 Å². The van der Waals surface area contributed by atoms with Gasteiger partial charge in [-0.25, -0.2) is 0 Å². The van der Waals surface area contributed by atoms with Crippen LogP contribution in [0, 0.1) is 12.8 Å². The standard InChI is InChI=1S/C23H25BrN2O4/c1-14-19(25-22(27)15-7-8-15)5-2-6-20(14)26-23(28)16-9-10-21(18(24)12-16)30-13-17-4-3-11-29-17/h2,5-6,9-10,12,15,17H,3-4,7-8,11,13H2,1H3,(H,25,27)(H,26,28). The third kappa shape index (κ3) is 5.02. The molecule has 2 N–H and O–H groups in total. The molecule has 2 aromatic carbocycles. The van der Waals surface area contributed by atoms with Crippen molar-refractivity contribution in [2.24, 2.45) is 5.92 Å². The van der Waals surface area contributed by atoms with E-state index in [0.717, 1.165) is 48.0 Å². The van der Waals surface area contributed by atoms with Crippen molar-refractivity contribution in [1.82, 2.24) is 0 Å². The molecule has 158 valence electrons. The summed E-state index contributed by atoms with van der Waals surface area (Å²) in [5.74, 6) is 0.628. The monoisotopic (exact) mass is 472 g/mol. The Labute approximate surface area is 184 Å². The van der Waals surface area contributed by atoms with Crippen molar-refractivity contribution in [2.75, 3.05) is 23.8 Å². The largest absolute Gasteiger partial charge is 0.490 e. The third-order valence-electron chi connectivity index (χ3n) is 5.43. The Morgan fingerprint density at radius 1 is 1.13 bits per heavy atom. The van der Waals surface area contributed by atoms with Crippen LogP contribution in [-0.2, 0) is 9.53 Å². The molecule has 1 saturated heterocycles. The number of amides is 2. The second kappa shape index (κ2) is 9.18. The molecule has 2 fully saturated rings. The van der Waals surface area contributed by atoms with E-state index in [1.165, 1.54) is 0 Å². The summed E-state index contributed by atoms with van der Waals surface area (Å²) >= 11 is 3.49. The van der Waals surface area contributed by atoms with Crippen molar-refractivity contribution >= 4 is 39.1 Å². The zero-order valence-electron chi connectivity index (χ0n) is 16.9. The maximum Gasteiger partial charge on any atom is 0.255 e. The van der Waals surface area contributed by atoms with Gasteiger partial charge < -0.3 is 20.1 Å². The molecular formula is C23H25BrN2O4. The summed E-state index contributed by atoms with van der Waals surface area (Å²) < 4.78 is 12.1. The van der Waals surface area contributed by atoms with Gasteiger partial charge in [0.05, 0.1) is 10.6 Å². The van der Waals surface area contributed by atoms with E-state index in [4.69, 9.17) is 9.47 Å². The highest BCUT2D eigenvalue weighted by Gasteiger charge is 2.30. The SMILES string of the molecule is Cc1c(NC(=O)c2ccc(OCC3CCCO3)c(Br)c2)cccc1NC(=O)C1CC1. The maximum atomic E-state index is 12.8. The molecule has 7 heteroatoms. The average molecular weight is 473 g/mol. The Morgan fingerprint density at radius 2 is 1.90 bits per heavy atom. The van der Waals surface area contributed by atoms with Crippen LogP contribution in [0.4, 0.5) is 11.4 Å². The van der Waals surface area contributed by atoms with Crippen LogP contribution < -0.4 is 15.4 Å². The highest BCUT2D eigenvalue weighted by molar-refractivity contribution is 9.10. The van der Waals surface area contributed by atoms with Crippen LogP contribution in [0.3, 0.4) is 0 Å². The first-order chi connectivity index (χ1) is 14.5. The summed E-state index contributed by atoms with van der Waals surface area (Å²) in [6.45, 7) is 3.18. The lowest BCUT2D eigenvalue weighted by Gasteiger charge is -2.15. The minimum atomic E-state index is -0.227. The first-order valence-electron chi connectivity index (χ1n) is 10.3. The van der Waals surface area contributed by atoms with Crippen LogP contribution in [-0.4, -0.2) is 31.1 Å². The van der Waals surface area contributed by atoms with Crippen molar-refractivity contribution in [1.29, 1.82) is 0 Å². The molecule has 1 aliphatic heterocycles. The number of ether oxygens (including phenoxy) is 2. The van der Waals surface area contributed by atoms with Crippen LogP contribution in [0.2, 0.25) is 0 Å². The van der Waals surface area contributed by atoms with E-state index in [9.17, 15) is 9.59 Å². The van der Waals surface area contributed by atoms with Crippen molar-refractivity contribution in [3.05, 3.63) is 52.0 Å². The smallest absolute Gasteiger partial charge is 0.255 e. The number of hydrogen-bond donors (Lipinski definition) is 2. The van der Waals surface area contributed by atoms with E-state index >= 15 is 0 Å². The molecule has 6 nitrogen and oxygen atoms in total. The first kappa shape index (κ1) is 20.9. The van der Waals surface area contributed by atoms with Crippen LogP contribution in [0.15, 0.2) is 40.9 Å². The van der Waals surface area contributed by atoms with Crippen LogP contribution in [0.1, 0.15) is 41.6 Å². The van der Waals surface area contributed by atoms with Gasteiger partial charge in [-0.15, -0.1) is 0 Å². The number of halogens is 1.